The van der Waals surface area contributed by atoms with Gasteiger partial charge in [0.2, 0.25) is 0 Å². The second-order valence-electron chi connectivity index (χ2n) is 6.02. The molecule has 0 spiro atoms. The number of amides is 1. The Morgan fingerprint density at radius 1 is 1.11 bits per heavy atom. The van der Waals surface area contributed by atoms with Crippen molar-refractivity contribution in [2.75, 3.05) is 18.4 Å². The number of nitrogens with one attached hydrogen (secondary N) is 2. The Kier molecular flexibility index (Phi) is 6.68. The van der Waals surface area contributed by atoms with E-state index in [1.165, 1.54) is 25.3 Å². The number of sulfonamides is 1. The highest BCUT2D eigenvalue weighted by Gasteiger charge is 2.21. The summed E-state index contributed by atoms with van der Waals surface area (Å²) in [6.45, 7) is 5.85. The third kappa shape index (κ3) is 5.13. The fourth-order valence-corrected chi connectivity index (χ4v) is 3.50. The van der Waals surface area contributed by atoms with Crippen LogP contribution in [0.4, 0.5) is 5.69 Å². The van der Waals surface area contributed by atoms with Gasteiger partial charge >= 0.3 is 0 Å². The van der Waals surface area contributed by atoms with Crippen LogP contribution in [0.5, 0.6) is 11.5 Å². The van der Waals surface area contributed by atoms with Gasteiger partial charge in [-0.25, -0.2) is 8.42 Å². The van der Waals surface area contributed by atoms with Gasteiger partial charge in [0.25, 0.3) is 15.9 Å². The molecule has 7 nitrogen and oxygen atoms in total. The standard InChI is InChI=1S/C19H24N2O5S/c1-5-26-18-9-7-6-8-16(18)21-27(23,24)14-10-11-17(25-4)15(12-14)19(22)20-13(2)3/h6-13,21H,5H2,1-4H3,(H,20,22). The molecule has 0 unspecified atom stereocenters. The summed E-state index contributed by atoms with van der Waals surface area (Å²) in [5, 5.41) is 2.73. The monoisotopic (exact) mass is 392 g/mol. The van der Waals surface area contributed by atoms with E-state index in [0.29, 0.717) is 23.8 Å². The van der Waals surface area contributed by atoms with Gasteiger partial charge < -0.3 is 14.8 Å². The highest BCUT2D eigenvalue weighted by molar-refractivity contribution is 7.92. The van der Waals surface area contributed by atoms with Crippen molar-refractivity contribution in [2.45, 2.75) is 31.7 Å². The summed E-state index contributed by atoms with van der Waals surface area (Å²) >= 11 is 0. The number of carbonyl (C=O) groups is 1. The molecule has 0 aliphatic carbocycles. The van der Waals surface area contributed by atoms with Crippen LogP contribution in [-0.2, 0) is 10.0 Å². The van der Waals surface area contributed by atoms with E-state index < -0.39 is 15.9 Å². The number of methoxy groups -OCH3 is 1. The highest BCUT2D eigenvalue weighted by Crippen LogP contribution is 2.28. The Bertz CT molecular complexity index is 910. The average Bonchev–Trinajstić information content (AvgIpc) is 2.62. The number of benzene rings is 2. The molecule has 0 aromatic heterocycles. The van der Waals surface area contributed by atoms with Crippen LogP contribution in [-0.4, -0.2) is 34.1 Å². The first-order valence-corrected chi connectivity index (χ1v) is 10.00. The van der Waals surface area contributed by atoms with Crippen molar-refractivity contribution in [3.8, 4) is 11.5 Å². The lowest BCUT2D eigenvalue weighted by atomic mass is 10.2. The second-order valence-corrected chi connectivity index (χ2v) is 7.71. The van der Waals surface area contributed by atoms with Gasteiger partial charge in [0.15, 0.2) is 0 Å². The Labute approximate surface area is 159 Å². The van der Waals surface area contributed by atoms with Crippen molar-refractivity contribution in [1.82, 2.24) is 5.32 Å². The smallest absolute Gasteiger partial charge is 0.262 e. The fraction of sp³-hybridized carbons (Fsp3) is 0.316. The molecule has 2 rings (SSSR count). The Morgan fingerprint density at radius 3 is 2.44 bits per heavy atom. The topological polar surface area (TPSA) is 93.7 Å². The van der Waals surface area contributed by atoms with Gasteiger partial charge in [-0.2, -0.15) is 0 Å². The molecular weight excluding hydrogens is 368 g/mol. The predicted molar refractivity (Wildman–Crippen MR) is 104 cm³/mol. The molecule has 146 valence electrons. The highest BCUT2D eigenvalue weighted by atomic mass is 32.2. The maximum atomic E-state index is 12.8. The molecule has 0 heterocycles. The zero-order valence-electron chi connectivity index (χ0n) is 15.8. The number of para-hydroxylation sites is 2. The quantitative estimate of drug-likeness (QED) is 0.720. The van der Waals surface area contributed by atoms with Gasteiger partial charge in [-0.1, -0.05) is 12.1 Å². The molecule has 0 saturated carbocycles. The minimum Gasteiger partial charge on any atom is -0.496 e. The first-order valence-electron chi connectivity index (χ1n) is 8.52. The van der Waals surface area contributed by atoms with E-state index in [0.717, 1.165) is 0 Å². The van der Waals surface area contributed by atoms with E-state index in [9.17, 15) is 13.2 Å². The summed E-state index contributed by atoms with van der Waals surface area (Å²) in [4.78, 5) is 12.3. The average molecular weight is 392 g/mol. The number of carbonyl (C=O) groups excluding carboxylic acids is 1. The molecular formula is C19H24N2O5S. The van der Waals surface area contributed by atoms with E-state index in [1.807, 2.05) is 20.8 Å². The molecule has 0 bridgehead atoms. The zero-order valence-corrected chi connectivity index (χ0v) is 16.6. The molecule has 0 radical (unpaired) electrons. The van der Waals surface area contributed by atoms with Crippen molar-refractivity contribution in [3.63, 3.8) is 0 Å². The molecule has 2 aromatic carbocycles. The van der Waals surface area contributed by atoms with E-state index in [2.05, 4.69) is 10.0 Å². The van der Waals surface area contributed by atoms with Crippen LogP contribution in [0.15, 0.2) is 47.4 Å². The third-order valence-corrected chi connectivity index (χ3v) is 4.94. The summed E-state index contributed by atoms with van der Waals surface area (Å²) < 4.78 is 38.8. The molecule has 27 heavy (non-hydrogen) atoms. The number of anilines is 1. The minimum absolute atomic E-state index is 0.0523. The summed E-state index contributed by atoms with van der Waals surface area (Å²) in [5.41, 5.74) is 0.468. The molecule has 2 N–H and O–H groups in total. The molecule has 8 heteroatoms. The zero-order chi connectivity index (χ0) is 20.0. The lowest BCUT2D eigenvalue weighted by Gasteiger charge is -2.15. The van der Waals surface area contributed by atoms with Crippen molar-refractivity contribution >= 4 is 21.6 Å². The second kappa shape index (κ2) is 8.77. The van der Waals surface area contributed by atoms with Crippen LogP contribution >= 0.6 is 0 Å². The molecule has 0 saturated heterocycles. The third-order valence-electron chi connectivity index (χ3n) is 3.58. The van der Waals surface area contributed by atoms with Gasteiger partial charge in [0, 0.05) is 6.04 Å². The largest absolute Gasteiger partial charge is 0.496 e. The molecule has 1 amide bonds. The summed E-state index contributed by atoms with van der Waals surface area (Å²) in [5.74, 6) is 0.310. The molecule has 2 aromatic rings. The van der Waals surface area contributed by atoms with Crippen LogP contribution in [0.1, 0.15) is 31.1 Å². The molecule has 0 aliphatic heterocycles. The predicted octanol–water partition coefficient (Wildman–Crippen LogP) is 3.03. The van der Waals surface area contributed by atoms with E-state index in [4.69, 9.17) is 9.47 Å². The molecule has 0 atom stereocenters. The lowest BCUT2D eigenvalue weighted by molar-refractivity contribution is 0.0940. The number of ether oxygens (including phenoxy) is 2. The molecule has 0 aliphatic rings. The van der Waals surface area contributed by atoms with Crippen LogP contribution in [0, 0.1) is 0 Å². The van der Waals surface area contributed by atoms with Crippen LogP contribution in [0.25, 0.3) is 0 Å². The van der Waals surface area contributed by atoms with Gasteiger partial charge in [-0.3, -0.25) is 9.52 Å². The van der Waals surface area contributed by atoms with Crippen LogP contribution < -0.4 is 19.5 Å². The van der Waals surface area contributed by atoms with Crippen molar-refractivity contribution in [2.24, 2.45) is 0 Å². The molecule has 0 fully saturated rings. The summed E-state index contributed by atoms with van der Waals surface area (Å²) in [7, 11) is -2.51. The maximum Gasteiger partial charge on any atom is 0.262 e. The van der Waals surface area contributed by atoms with Gasteiger partial charge in [0.05, 0.1) is 29.9 Å². The Morgan fingerprint density at radius 2 is 1.81 bits per heavy atom. The van der Waals surface area contributed by atoms with Crippen LogP contribution in [0.2, 0.25) is 0 Å². The van der Waals surface area contributed by atoms with E-state index in [-0.39, 0.29) is 16.5 Å². The van der Waals surface area contributed by atoms with E-state index >= 15 is 0 Å². The van der Waals surface area contributed by atoms with Gasteiger partial charge in [-0.05, 0) is 51.1 Å². The number of hydrogen-bond donors (Lipinski definition) is 2. The van der Waals surface area contributed by atoms with Crippen molar-refractivity contribution in [1.29, 1.82) is 0 Å². The minimum atomic E-state index is -3.93. The lowest BCUT2D eigenvalue weighted by Crippen LogP contribution is -2.30. The van der Waals surface area contributed by atoms with Crippen LogP contribution in [0.3, 0.4) is 0 Å². The Balaban J connectivity index is 2.40. The number of hydrogen-bond acceptors (Lipinski definition) is 5. The van der Waals surface area contributed by atoms with Gasteiger partial charge in [0.1, 0.15) is 11.5 Å². The maximum absolute atomic E-state index is 12.8. The fourth-order valence-electron chi connectivity index (χ4n) is 2.41. The SMILES string of the molecule is CCOc1ccccc1NS(=O)(=O)c1ccc(OC)c(C(=O)NC(C)C)c1. The summed E-state index contributed by atoms with van der Waals surface area (Å²) in [6.07, 6.45) is 0. The van der Waals surface area contributed by atoms with Gasteiger partial charge in [-0.15, -0.1) is 0 Å². The van der Waals surface area contributed by atoms with E-state index in [1.54, 1.807) is 24.3 Å². The summed E-state index contributed by atoms with van der Waals surface area (Å²) in [6, 6.07) is 10.8. The number of rotatable bonds is 8. The van der Waals surface area contributed by atoms with Crippen molar-refractivity contribution in [3.05, 3.63) is 48.0 Å². The van der Waals surface area contributed by atoms with Crippen molar-refractivity contribution < 1.29 is 22.7 Å². The first kappa shape index (κ1) is 20.6. The normalized spacial score (nSPS) is 11.1. The Hall–Kier alpha value is -2.74. The first-order chi connectivity index (χ1) is 12.8.